The van der Waals surface area contributed by atoms with Crippen molar-refractivity contribution in [3.63, 3.8) is 0 Å². The molecule has 7 nitrogen and oxygen atoms in total. The van der Waals surface area contributed by atoms with Crippen molar-refractivity contribution in [3.05, 3.63) is 35.6 Å². The van der Waals surface area contributed by atoms with Crippen LogP contribution in [0, 0.1) is 6.92 Å². The lowest BCUT2D eigenvalue weighted by molar-refractivity contribution is 0.0978. The molecule has 0 bridgehead atoms. The molecule has 3 rings (SSSR count). The monoisotopic (exact) mass is 338 g/mol. The second-order valence-electron chi connectivity index (χ2n) is 5.43. The molecule has 1 aliphatic rings. The summed E-state index contributed by atoms with van der Waals surface area (Å²) >= 11 is 0. The first-order valence-electron chi connectivity index (χ1n) is 7.35. The van der Waals surface area contributed by atoms with Gasteiger partial charge in [-0.15, -0.1) is 0 Å². The SMILES string of the molecule is Cc1coc2ccc(C(=O)NS(=O)(=O)N3CCCOCC3)cc12. The molecule has 1 N–H and O–H groups in total. The number of benzene rings is 1. The average molecular weight is 338 g/mol. The minimum Gasteiger partial charge on any atom is -0.464 e. The molecule has 1 aromatic heterocycles. The smallest absolute Gasteiger partial charge is 0.304 e. The van der Waals surface area contributed by atoms with Crippen LogP contribution in [-0.2, 0) is 14.9 Å². The minimum absolute atomic E-state index is 0.239. The Balaban J connectivity index is 1.80. The van der Waals surface area contributed by atoms with Crippen LogP contribution < -0.4 is 4.72 Å². The van der Waals surface area contributed by atoms with Crippen LogP contribution in [-0.4, -0.2) is 44.9 Å². The standard InChI is InChI=1S/C15H18N2O5S/c1-11-10-22-14-4-3-12(9-13(11)14)15(18)16-23(19,20)17-5-2-7-21-8-6-17/h3-4,9-10H,2,5-8H2,1H3,(H,16,18). The Kier molecular flexibility index (Phi) is 4.38. The number of furan rings is 1. The van der Waals surface area contributed by atoms with Crippen molar-refractivity contribution in [2.45, 2.75) is 13.3 Å². The molecule has 1 aliphatic heterocycles. The predicted molar refractivity (Wildman–Crippen MR) is 84.3 cm³/mol. The van der Waals surface area contributed by atoms with Crippen molar-refractivity contribution in [3.8, 4) is 0 Å². The molecule has 1 amide bonds. The number of aryl methyl sites for hydroxylation is 1. The van der Waals surface area contributed by atoms with E-state index in [9.17, 15) is 13.2 Å². The van der Waals surface area contributed by atoms with E-state index in [0.29, 0.717) is 31.8 Å². The van der Waals surface area contributed by atoms with Gasteiger partial charge in [-0.1, -0.05) is 0 Å². The summed E-state index contributed by atoms with van der Waals surface area (Å²) < 4.78 is 38.6. The quantitative estimate of drug-likeness (QED) is 0.915. The van der Waals surface area contributed by atoms with Crippen molar-refractivity contribution in [2.24, 2.45) is 0 Å². The van der Waals surface area contributed by atoms with Crippen LogP contribution in [0.4, 0.5) is 0 Å². The van der Waals surface area contributed by atoms with E-state index in [1.807, 2.05) is 6.92 Å². The molecule has 23 heavy (non-hydrogen) atoms. The van der Waals surface area contributed by atoms with Gasteiger partial charge in [-0.2, -0.15) is 12.7 Å². The molecule has 0 unspecified atom stereocenters. The molecular weight excluding hydrogens is 320 g/mol. The van der Waals surface area contributed by atoms with Crippen LogP contribution in [0.5, 0.6) is 0 Å². The Morgan fingerprint density at radius 3 is 2.91 bits per heavy atom. The van der Waals surface area contributed by atoms with Crippen molar-refractivity contribution in [1.82, 2.24) is 9.03 Å². The lowest BCUT2D eigenvalue weighted by Gasteiger charge is -2.19. The van der Waals surface area contributed by atoms with Gasteiger partial charge in [-0.05, 0) is 37.1 Å². The van der Waals surface area contributed by atoms with E-state index in [1.54, 1.807) is 24.5 Å². The molecule has 1 fully saturated rings. The predicted octanol–water partition coefficient (Wildman–Crippen LogP) is 1.44. The van der Waals surface area contributed by atoms with E-state index < -0.39 is 16.1 Å². The number of carbonyl (C=O) groups excluding carboxylic acids is 1. The largest absolute Gasteiger partial charge is 0.464 e. The number of amides is 1. The Morgan fingerprint density at radius 1 is 1.26 bits per heavy atom. The first-order valence-corrected chi connectivity index (χ1v) is 8.79. The maximum absolute atomic E-state index is 12.3. The second kappa shape index (κ2) is 6.31. The Morgan fingerprint density at radius 2 is 2.09 bits per heavy atom. The number of carbonyl (C=O) groups is 1. The Hall–Kier alpha value is -1.90. The van der Waals surface area contributed by atoms with E-state index in [4.69, 9.17) is 9.15 Å². The summed E-state index contributed by atoms with van der Waals surface area (Å²) in [6, 6.07) is 4.83. The van der Waals surface area contributed by atoms with Crippen LogP contribution in [0.25, 0.3) is 11.0 Å². The lowest BCUT2D eigenvalue weighted by atomic mass is 10.1. The van der Waals surface area contributed by atoms with E-state index in [1.165, 1.54) is 4.31 Å². The molecule has 124 valence electrons. The van der Waals surface area contributed by atoms with Gasteiger partial charge in [0.2, 0.25) is 0 Å². The van der Waals surface area contributed by atoms with Gasteiger partial charge in [0.25, 0.3) is 5.91 Å². The van der Waals surface area contributed by atoms with Gasteiger partial charge < -0.3 is 9.15 Å². The van der Waals surface area contributed by atoms with Gasteiger partial charge in [-0.3, -0.25) is 4.79 Å². The van der Waals surface area contributed by atoms with Gasteiger partial charge in [0, 0.05) is 30.6 Å². The zero-order chi connectivity index (χ0) is 16.4. The maximum Gasteiger partial charge on any atom is 0.304 e. The van der Waals surface area contributed by atoms with E-state index in [-0.39, 0.29) is 12.1 Å². The minimum atomic E-state index is -3.87. The van der Waals surface area contributed by atoms with E-state index >= 15 is 0 Å². The summed E-state index contributed by atoms with van der Waals surface area (Å²) in [6.07, 6.45) is 2.20. The molecule has 0 spiro atoms. The van der Waals surface area contributed by atoms with Crippen LogP contribution >= 0.6 is 0 Å². The van der Waals surface area contributed by atoms with Gasteiger partial charge in [0.15, 0.2) is 0 Å². The summed E-state index contributed by atoms with van der Waals surface area (Å²) in [6.45, 7) is 3.29. The molecule has 1 aromatic carbocycles. The van der Waals surface area contributed by atoms with Gasteiger partial charge >= 0.3 is 10.2 Å². The number of hydrogen-bond donors (Lipinski definition) is 1. The van der Waals surface area contributed by atoms with Crippen molar-refractivity contribution in [1.29, 1.82) is 0 Å². The maximum atomic E-state index is 12.3. The molecule has 0 saturated carbocycles. The summed E-state index contributed by atoms with van der Waals surface area (Å²) in [7, 11) is -3.87. The Labute approximate surface area is 134 Å². The molecule has 0 atom stereocenters. The zero-order valence-electron chi connectivity index (χ0n) is 12.7. The first-order chi connectivity index (χ1) is 11.0. The molecule has 0 radical (unpaired) electrons. The Bertz CT molecular complexity index is 820. The van der Waals surface area contributed by atoms with Crippen LogP contribution in [0.1, 0.15) is 22.3 Å². The molecule has 8 heteroatoms. The first kappa shape index (κ1) is 16.0. The third-order valence-corrected chi connectivity index (χ3v) is 5.26. The zero-order valence-corrected chi connectivity index (χ0v) is 13.6. The fourth-order valence-electron chi connectivity index (χ4n) is 2.50. The van der Waals surface area contributed by atoms with Crippen molar-refractivity contribution < 1.29 is 22.4 Å². The highest BCUT2D eigenvalue weighted by atomic mass is 32.2. The van der Waals surface area contributed by atoms with Gasteiger partial charge in [0.1, 0.15) is 5.58 Å². The number of nitrogens with zero attached hydrogens (tertiary/aromatic N) is 1. The van der Waals surface area contributed by atoms with Crippen LogP contribution in [0.3, 0.4) is 0 Å². The van der Waals surface area contributed by atoms with Crippen molar-refractivity contribution >= 4 is 27.1 Å². The highest BCUT2D eigenvalue weighted by Gasteiger charge is 2.25. The summed E-state index contributed by atoms with van der Waals surface area (Å²) in [5.41, 5.74) is 1.82. The number of fused-ring (bicyclic) bond motifs is 1. The number of ether oxygens (including phenoxy) is 1. The molecule has 2 heterocycles. The molecule has 0 aliphatic carbocycles. The van der Waals surface area contributed by atoms with Crippen molar-refractivity contribution in [2.75, 3.05) is 26.3 Å². The second-order valence-corrected chi connectivity index (χ2v) is 7.10. The van der Waals surface area contributed by atoms with E-state index in [2.05, 4.69) is 4.72 Å². The topological polar surface area (TPSA) is 88.8 Å². The third-order valence-electron chi connectivity index (χ3n) is 3.77. The van der Waals surface area contributed by atoms with Gasteiger partial charge in [0.05, 0.1) is 12.9 Å². The molecule has 1 saturated heterocycles. The van der Waals surface area contributed by atoms with E-state index in [0.717, 1.165) is 10.9 Å². The highest BCUT2D eigenvalue weighted by molar-refractivity contribution is 7.87. The fourth-order valence-corrected chi connectivity index (χ4v) is 3.67. The summed E-state index contributed by atoms with van der Waals surface area (Å²) in [5.74, 6) is -0.655. The highest BCUT2D eigenvalue weighted by Crippen LogP contribution is 2.21. The third kappa shape index (κ3) is 3.39. The normalized spacial score (nSPS) is 17.1. The summed E-state index contributed by atoms with van der Waals surface area (Å²) in [5, 5.41) is 0.790. The van der Waals surface area contributed by atoms with Gasteiger partial charge in [-0.25, -0.2) is 4.72 Å². The number of hydrogen-bond acceptors (Lipinski definition) is 5. The van der Waals surface area contributed by atoms with Crippen LogP contribution in [0.2, 0.25) is 0 Å². The fraction of sp³-hybridized carbons (Fsp3) is 0.400. The summed E-state index contributed by atoms with van der Waals surface area (Å²) in [4.78, 5) is 12.3. The number of nitrogens with one attached hydrogen (secondary N) is 1. The lowest BCUT2D eigenvalue weighted by Crippen LogP contribution is -2.44. The average Bonchev–Trinajstić information content (AvgIpc) is 2.74. The number of rotatable bonds is 3. The van der Waals surface area contributed by atoms with Crippen LogP contribution in [0.15, 0.2) is 28.9 Å². The molecule has 2 aromatic rings. The molecular formula is C15H18N2O5S.